The SMILES string of the molecule is Cc1ccc(CCn2nc(Cn3cnc4ncnc(C)c4c3=O)oc2=O)cc1. The average molecular weight is 378 g/mol. The van der Waals surface area contributed by atoms with Crippen molar-refractivity contribution in [2.45, 2.75) is 33.4 Å². The van der Waals surface area contributed by atoms with Crippen LogP contribution in [0, 0.1) is 13.8 Å². The maximum Gasteiger partial charge on any atom is 0.437 e. The standard InChI is InChI=1S/C19H18N6O3/c1-12-3-5-14(6-4-12)7-8-25-19(27)28-15(23-25)9-24-11-22-17-16(18(24)26)13(2)20-10-21-17/h3-6,10-11H,7-9H2,1-2H3. The van der Waals surface area contributed by atoms with E-state index in [-0.39, 0.29) is 18.0 Å². The summed E-state index contributed by atoms with van der Waals surface area (Å²) in [5, 5.41) is 4.54. The fraction of sp³-hybridized carbons (Fsp3) is 0.263. The van der Waals surface area contributed by atoms with Crippen LogP contribution >= 0.6 is 0 Å². The van der Waals surface area contributed by atoms with E-state index in [4.69, 9.17) is 4.42 Å². The van der Waals surface area contributed by atoms with Gasteiger partial charge in [0, 0.05) is 0 Å². The van der Waals surface area contributed by atoms with Gasteiger partial charge in [-0.15, -0.1) is 5.10 Å². The molecule has 0 spiro atoms. The van der Waals surface area contributed by atoms with E-state index in [0.717, 1.165) is 5.56 Å². The van der Waals surface area contributed by atoms with Gasteiger partial charge < -0.3 is 4.42 Å². The lowest BCUT2D eigenvalue weighted by molar-refractivity contribution is 0.434. The minimum atomic E-state index is -0.552. The quantitative estimate of drug-likeness (QED) is 0.514. The van der Waals surface area contributed by atoms with Gasteiger partial charge >= 0.3 is 5.76 Å². The summed E-state index contributed by atoms with van der Waals surface area (Å²) in [6, 6.07) is 8.09. The molecule has 0 N–H and O–H groups in total. The Morgan fingerprint density at radius 2 is 1.82 bits per heavy atom. The topological polar surface area (TPSA) is 109 Å². The number of nitrogens with zero attached hydrogens (tertiary/aromatic N) is 6. The molecule has 0 aliphatic heterocycles. The van der Waals surface area contributed by atoms with Crippen LogP contribution < -0.4 is 11.3 Å². The van der Waals surface area contributed by atoms with Crippen molar-refractivity contribution in [2.24, 2.45) is 0 Å². The fourth-order valence-electron chi connectivity index (χ4n) is 2.93. The van der Waals surface area contributed by atoms with Gasteiger partial charge in [0.25, 0.3) is 5.56 Å². The zero-order valence-electron chi connectivity index (χ0n) is 15.5. The van der Waals surface area contributed by atoms with Crippen LogP contribution in [0.3, 0.4) is 0 Å². The molecule has 0 unspecified atom stereocenters. The Hall–Kier alpha value is -3.62. The van der Waals surface area contributed by atoms with Crippen LogP contribution in [-0.4, -0.2) is 29.3 Å². The lowest BCUT2D eigenvalue weighted by Crippen LogP contribution is -2.23. The van der Waals surface area contributed by atoms with Gasteiger partial charge in [0.15, 0.2) is 5.65 Å². The molecule has 0 aliphatic rings. The third kappa shape index (κ3) is 3.46. The molecule has 0 fully saturated rings. The molecule has 0 saturated carbocycles. The fourth-order valence-corrected chi connectivity index (χ4v) is 2.93. The molecular weight excluding hydrogens is 360 g/mol. The summed E-state index contributed by atoms with van der Waals surface area (Å²) >= 11 is 0. The van der Waals surface area contributed by atoms with Gasteiger partial charge in [0.2, 0.25) is 5.89 Å². The van der Waals surface area contributed by atoms with Crippen LogP contribution in [-0.2, 0) is 19.5 Å². The van der Waals surface area contributed by atoms with Gasteiger partial charge in [0.05, 0.1) is 12.2 Å². The zero-order chi connectivity index (χ0) is 19.7. The molecule has 9 nitrogen and oxygen atoms in total. The summed E-state index contributed by atoms with van der Waals surface area (Å²) in [5.74, 6) is -0.407. The first-order valence-corrected chi connectivity index (χ1v) is 8.80. The number of benzene rings is 1. The highest BCUT2D eigenvalue weighted by Gasteiger charge is 2.13. The van der Waals surface area contributed by atoms with Crippen molar-refractivity contribution in [3.8, 4) is 0 Å². The van der Waals surface area contributed by atoms with E-state index in [1.807, 2.05) is 31.2 Å². The van der Waals surface area contributed by atoms with E-state index in [1.165, 1.54) is 27.5 Å². The normalized spacial score (nSPS) is 11.2. The van der Waals surface area contributed by atoms with Crippen molar-refractivity contribution in [1.82, 2.24) is 29.3 Å². The lowest BCUT2D eigenvalue weighted by Gasteiger charge is -2.04. The van der Waals surface area contributed by atoms with Gasteiger partial charge in [-0.05, 0) is 25.8 Å². The Kier molecular flexibility index (Phi) is 4.56. The molecule has 3 heterocycles. The molecule has 0 saturated heterocycles. The number of rotatable bonds is 5. The highest BCUT2D eigenvalue weighted by atomic mass is 16.4. The number of aromatic nitrogens is 6. The van der Waals surface area contributed by atoms with Gasteiger partial charge in [-0.3, -0.25) is 9.36 Å². The van der Waals surface area contributed by atoms with E-state index in [9.17, 15) is 9.59 Å². The highest BCUT2D eigenvalue weighted by molar-refractivity contribution is 5.75. The minimum absolute atomic E-state index is 0.00286. The Balaban J connectivity index is 1.56. The summed E-state index contributed by atoms with van der Waals surface area (Å²) < 4.78 is 7.80. The lowest BCUT2D eigenvalue weighted by atomic mass is 10.1. The third-order valence-corrected chi connectivity index (χ3v) is 4.50. The van der Waals surface area contributed by atoms with Gasteiger partial charge in [-0.25, -0.2) is 19.7 Å². The van der Waals surface area contributed by atoms with Crippen LogP contribution in [0.4, 0.5) is 0 Å². The van der Waals surface area contributed by atoms with E-state index in [2.05, 4.69) is 20.1 Å². The molecule has 28 heavy (non-hydrogen) atoms. The summed E-state index contributed by atoms with van der Waals surface area (Å²) in [6.45, 7) is 4.14. The molecule has 1 aromatic carbocycles. The van der Waals surface area contributed by atoms with Crippen molar-refractivity contribution in [1.29, 1.82) is 0 Å². The molecule has 0 aliphatic carbocycles. The van der Waals surface area contributed by atoms with Crippen molar-refractivity contribution >= 4 is 11.0 Å². The van der Waals surface area contributed by atoms with Crippen molar-refractivity contribution in [3.05, 3.63) is 80.5 Å². The molecule has 0 amide bonds. The Morgan fingerprint density at radius 1 is 1.04 bits per heavy atom. The van der Waals surface area contributed by atoms with Crippen molar-refractivity contribution < 1.29 is 4.42 Å². The molecule has 0 bridgehead atoms. The van der Waals surface area contributed by atoms with E-state index >= 15 is 0 Å². The molecule has 0 atom stereocenters. The van der Waals surface area contributed by atoms with E-state index in [0.29, 0.717) is 29.7 Å². The van der Waals surface area contributed by atoms with E-state index < -0.39 is 5.76 Å². The predicted molar refractivity (Wildman–Crippen MR) is 101 cm³/mol. The minimum Gasteiger partial charge on any atom is -0.390 e. The molecule has 3 aromatic heterocycles. The zero-order valence-corrected chi connectivity index (χ0v) is 15.5. The Morgan fingerprint density at radius 3 is 2.61 bits per heavy atom. The Labute approximate surface area is 159 Å². The largest absolute Gasteiger partial charge is 0.437 e. The Bertz CT molecular complexity index is 1250. The summed E-state index contributed by atoms with van der Waals surface area (Å²) in [7, 11) is 0. The summed E-state index contributed by atoms with van der Waals surface area (Å²) in [5.41, 5.74) is 2.85. The second-order valence-electron chi connectivity index (χ2n) is 6.56. The first kappa shape index (κ1) is 17.8. The number of aryl methyl sites for hydroxylation is 4. The molecule has 9 heteroatoms. The van der Waals surface area contributed by atoms with Crippen LogP contribution in [0.25, 0.3) is 11.0 Å². The van der Waals surface area contributed by atoms with Gasteiger partial charge in [-0.1, -0.05) is 29.8 Å². The van der Waals surface area contributed by atoms with Crippen LogP contribution in [0.5, 0.6) is 0 Å². The summed E-state index contributed by atoms with van der Waals surface area (Å²) in [4.78, 5) is 36.9. The van der Waals surface area contributed by atoms with Crippen LogP contribution in [0.2, 0.25) is 0 Å². The van der Waals surface area contributed by atoms with Gasteiger partial charge in [0.1, 0.15) is 24.6 Å². The van der Waals surface area contributed by atoms with Crippen molar-refractivity contribution in [3.63, 3.8) is 0 Å². The highest BCUT2D eigenvalue weighted by Crippen LogP contribution is 2.07. The second kappa shape index (κ2) is 7.18. The number of hydrogen-bond acceptors (Lipinski definition) is 7. The van der Waals surface area contributed by atoms with Crippen molar-refractivity contribution in [2.75, 3.05) is 0 Å². The monoisotopic (exact) mass is 378 g/mol. The molecule has 142 valence electrons. The molecule has 0 radical (unpaired) electrons. The molecule has 4 rings (SSSR count). The predicted octanol–water partition coefficient (Wildman–Crippen LogP) is 1.24. The average Bonchev–Trinajstić information content (AvgIpc) is 3.03. The van der Waals surface area contributed by atoms with Crippen LogP contribution in [0.1, 0.15) is 22.7 Å². The maximum atomic E-state index is 12.7. The first-order chi connectivity index (χ1) is 13.5. The number of hydrogen-bond donors (Lipinski definition) is 0. The second-order valence-corrected chi connectivity index (χ2v) is 6.56. The maximum absolute atomic E-state index is 12.7. The van der Waals surface area contributed by atoms with Gasteiger partial charge in [-0.2, -0.15) is 4.68 Å². The number of fused-ring (bicyclic) bond motifs is 1. The van der Waals surface area contributed by atoms with Crippen LogP contribution in [0.15, 0.2) is 50.9 Å². The first-order valence-electron chi connectivity index (χ1n) is 8.80. The smallest absolute Gasteiger partial charge is 0.390 e. The molecule has 4 aromatic rings. The molecular formula is C19H18N6O3. The third-order valence-electron chi connectivity index (χ3n) is 4.50. The van der Waals surface area contributed by atoms with E-state index in [1.54, 1.807) is 6.92 Å². The summed E-state index contributed by atoms with van der Waals surface area (Å²) in [6.07, 6.45) is 3.38.